The maximum atomic E-state index is 12.7. The third-order valence-electron chi connectivity index (χ3n) is 16.4. The molecule has 0 fully saturated rings. The highest BCUT2D eigenvalue weighted by molar-refractivity contribution is 6.98. The Morgan fingerprint density at radius 1 is 0.614 bits per heavy atom. The first kappa shape index (κ1) is 59.9. The van der Waals surface area contributed by atoms with Crippen LogP contribution in [0.25, 0.3) is 38.2 Å². The fourth-order valence-electron chi connectivity index (χ4n) is 11.9. The molecular formula is C68H76B2N6O6Si. The highest BCUT2D eigenvalue weighted by atomic mass is 28.3. The van der Waals surface area contributed by atoms with Gasteiger partial charge in [-0.2, -0.15) is 0 Å². The monoisotopic (exact) mass is 1120 g/mol. The molecule has 7 N–H and O–H groups in total. The molecule has 0 aromatic heterocycles. The van der Waals surface area contributed by atoms with Crippen molar-refractivity contribution in [2.24, 2.45) is 4.99 Å². The van der Waals surface area contributed by atoms with Crippen LogP contribution < -0.4 is 32.1 Å². The van der Waals surface area contributed by atoms with Gasteiger partial charge in [0.2, 0.25) is 11.8 Å². The van der Waals surface area contributed by atoms with Crippen LogP contribution in [-0.2, 0) is 35.8 Å². The molecular weight excluding hydrogens is 1050 g/mol. The number of hydrogen-bond donors (Lipinski definition) is 7. The molecule has 83 heavy (non-hydrogen) atoms. The summed E-state index contributed by atoms with van der Waals surface area (Å²) in [4.78, 5) is 34.6. The summed E-state index contributed by atoms with van der Waals surface area (Å²) >= 11 is 0. The average molecular weight is 1120 g/mol. The van der Waals surface area contributed by atoms with Gasteiger partial charge in [0.1, 0.15) is 8.07 Å². The summed E-state index contributed by atoms with van der Waals surface area (Å²) in [6.07, 6.45) is 7.94. The second-order valence-electron chi connectivity index (χ2n) is 22.6. The van der Waals surface area contributed by atoms with Gasteiger partial charge in [0.05, 0.1) is 5.71 Å². The van der Waals surface area contributed by atoms with Gasteiger partial charge in [-0.1, -0.05) is 135 Å². The molecule has 15 heteroatoms. The van der Waals surface area contributed by atoms with Gasteiger partial charge in [-0.05, 0) is 174 Å². The molecule has 1 aliphatic carbocycles. The maximum absolute atomic E-state index is 12.7. The highest BCUT2D eigenvalue weighted by Gasteiger charge is 2.40. The van der Waals surface area contributed by atoms with Crippen molar-refractivity contribution < 1.29 is 29.7 Å². The van der Waals surface area contributed by atoms with Crippen molar-refractivity contribution >= 4 is 88.8 Å². The number of aryl methyl sites for hydroxylation is 1. The van der Waals surface area contributed by atoms with Gasteiger partial charge in [-0.3, -0.25) is 24.4 Å². The van der Waals surface area contributed by atoms with E-state index in [2.05, 4.69) is 161 Å². The summed E-state index contributed by atoms with van der Waals surface area (Å²) in [6, 6.07) is 43.8. The van der Waals surface area contributed by atoms with E-state index < -0.39 is 22.3 Å². The van der Waals surface area contributed by atoms with Crippen LogP contribution in [0.4, 0.5) is 5.69 Å². The number of rotatable bonds is 23. The number of anilines is 1. The Morgan fingerprint density at radius 3 is 1.67 bits per heavy atom. The summed E-state index contributed by atoms with van der Waals surface area (Å²) in [5, 5.41) is 58.7. The minimum atomic E-state index is -2.21. The number of nitrogens with zero attached hydrogens (tertiary/aromatic N) is 3. The van der Waals surface area contributed by atoms with Gasteiger partial charge in [0.15, 0.2) is 0 Å². The Labute approximate surface area is 490 Å². The number of carbonyl (C=O) groups is 2. The molecule has 424 valence electrons. The number of nitrogens with one attached hydrogen (secondary N) is 3. The fourth-order valence-corrected chi connectivity index (χ4v) is 15.0. The van der Waals surface area contributed by atoms with Crippen LogP contribution in [0, 0.1) is 6.92 Å². The number of amides is 2. The summed E-state index contributed by atoms with van der Waals surface area (Å²) in [5.74, 6) is -0.393. The minimum absolute atomic E-state index is 0.196. The van der Waals surface area contributed by atoms with Crippen LogP contribution in [0.1, 0.15) is 65.6 Å². The third kappa shape index (κ3) is 13.2. The van der Waals surface area contributed by atoms with Crippen molar-refractivity contribution in [3.63, 3.8) is 0 Å². The van der Waals surface area contributed by atoms with Crippen LogP contribution in [0.5, 0.6) is 0 Å². The molecule has 0 unspecified atom stereocenters. The summed E-state index contributed by atoms with van der Waals surface area (Å²) < 4.78 is 0. The van der Waals surface area contributed by atoms with Crippen molar-refractivity contribution in [1.82, 2.24) is 20.4 Å². The van der Waals surface area contributed by atoms with Gasteiger partial charge in [-0.25, -0.2) is 0 Å². The van der Waals surface area contributed by atoms with E-state index in [1.54, 1.807) is 26.0 Å². The molecule has 9 rings (SSSR count). The van der Waals surface area contributed by atoms with Gasteiger partial charge >= 0.3 is 14.2 Å². The molecule has 2 amide bonds. The predicted octanol–water partition coefficient (Wildman–Crippen LogP) is 8.38. The molecule has 0 saturated carbocycles. The molecule has 7 aromatic rings. The molecule has 7 aromatic carbocycles. The Balaban J connectivity index is 1.24. The first-order valence-electron chi connectivity index (χ1n) is 28.6. The van der Waals surface area contributed by atoms with Gasteiger partial charge in [0.25, 0.3) is 0 Å². The van der Waals surface area contributed by atoms with E-state index in [9.17, 15) is 29.7 Å². The van der Waals surface area contributed by atoms with E-state index in [4.69, 9.17) is 0 Å². The molecule has 0 spiro atoms. The Bertz CT molecular complexity index is 3790. The van der Waals surface area contributed by atoms with Gasteiger partial charge < -0.3 is 36.0 Å². The lowest BCUT2D eigenvalue weighted by Gasteiger charge is -2.38. The predicted molar refractivity (Wildman–Crippen MR) is 347 cm³/mol. The first-order valence-corrected chi connectivity index (χ1v) is 31.6. The number of carbonyl (C=O) groups excluding carboxylic acids is 2. The molecule has 0 atom stereocenters. The highest BCUT2D eigenvalue weighted by Crippen LogP contribution is 2.44. The number of fused-ring (bicyclic) bond motifs is 4. The van der Waals surface area contributed by atoms with Crippen molar-refractivity contribution in [3.05, 3.63) is 220 Å². The van der Waals surface area contributed by atoms with Crippen LogP contribution in [0.3, 0.4) is 0 Å². The largest absolute Gasteiger partial charge is 0.488 e. The maximum Gasteiger partial charge on any atom is 0.488 e. The van der Waals surface area contributed by atoms with E-state index in [1.165, 1.54) is 27.1 Å². The number of aliphatic imine (C=N–C) groups is 1. The SMILES string of the molecule is C=C(C)C(=O)NCCCN(Cc1ccccc1B(O)O)Cc1c2ccccc2c(CN(CCCNC(=O)C(=C)C)Cc2ccccc2B(O)O)c2cc(-c3ccc(C)c(C4=C5C=CC(=NC)C=C5[Si](C)(C)c5cc(NC)ccc54)c3)ccc12. The zero-order chi connectivity index (χ0) is 59.1. The molecule has 0 radical (unpaired) electrons. The topological polar surface area (TPSA) is 170 Å². The van der Waals surface area contributed by atoms with Crippen molar-refractivity contribution in [3.8, 4) is 11.1 Å². The lowest BCUT2D eigenvalue weighted by Crippen LogP contribution is -2.49. The van der Waals surface area contributed by atoms with E-state index in [-0.39, 0.29) is 11.8 Å². The Hall–Kier alpha value is -7.72. The van der Waals surface area contributed by atoms with E-state index >= 15 is 0 Å². The summed E-state index contributed by atoms with van der Waals surface area (Å²) in [6.45, 7) is 21.9. The normalized spacial score (nSPS) is 14.0. The van der Waals surface area contributed by atoms with Crippen LogP contribution in [-0.4, -0.2) is 110 Å². The van der Waals surface area contributed by atoms with Gasteiger partial charge in [0, 0.05) is 83.3 Å². The smallest absolute Gasteiger partial charge is 0.423 e. The van der Waals surface area contributed by atoms with Crippen LogP contribution >= 0.6 is 0 Å². The summed E-state index contributed by atoms with van der Waals surface area (Å²) in [5.41, 5.74) is 15.7. The van der Waals surface area contributed by atoms with Crippen LogP contribution in [0.2, 0.25) is 13.1 Å². The third-order valence-corrected chi connectivity index (χ3v) is 19.9. The second kappa shape index (κ2) is 26.2. The fraction of sp³-hybridized carbons (Fsp3) is 0.250. The lowest BCUT2D eigenvalue weighted by molar-refractivity contribution is -0.118. The Kier molecular flexibility index (Phi) is 18.9. The lowest BCUT2D eigenvalue weighted by atomic mass is 9.77. The van der Waals surface area contributed by atoms with Crippen molar-refractivity contribution in [1.29, 1.82) is 0 Å². The van der Waals surface area contributed by atoms with Crippen molar-refractivity contribution in [2.75, 3.05) is 45.6 Å². The number of benzene rings is 7. The standard InChI is InChI=1S/C68H76B2N6O6Si/c1-44(2)67(77)73-32-16-34-75(40-49-18-10-14-22-62(49)69(79)80)42-60-53-20-12-13-21-54(53)61(43-76(35-17-33-74-68(78)45(3)4)41-50-19-11-15-23-63(50)70(81)82)59-37-48(26-29-55(59)60)47-25-24-46(5)58(36-47)66-56-30-27-51(71-6)38-64(56)83(8,9)65-39-52(72-7)28-31-57(65)66/h10-15,18-31,36-39,71,79-82H,1,3,16-17,32-35,40-43H2,2,4-9H3,(H,73,77)(H,74,78). The molecule has 1 heterocycles. The number of hydrogen-bond acceptors (Lipinski definition) is 10. The zero-order valence-corrected chi connectivity index (χ0v) is 49.9. The van der Waals surface area contributed by atoms with E-state index in [0.717, 1.165) is 77.5 Å². The summed E-state index contributed by atoms with van der Waals surface area (Å²) in [7, 11) is -1.70. The second-order valence-corrected chi connectivity index (χ2v) is 26.9. The van der Waals surface area contributed by atoms with E-state index in [0.29, 0.717) is 87.3 Å². The molecule has 2 aliphatic rings. The zero-order valence-electron chi connectivity index (χ0n) is 48.9. The Morgan fingerprint density at radius 2 is 1.13 bits per heavy atom. The molecule has 0 bridgehead atoms. The molecule has 1 aliphatic heterocycles. The minimum Gasteiger partial charge on any atom is -0.423 e. The van der Waals surface area contributed by atoms with E-state index in [1.807, 2.05) is 50.5 Å². The van der Waals surface area contributed by atoms with Crippen molar-refractivity contribution in [2.45, 2.75) is 72.9 Å². The van der Waals surface area contributed by atoms with Crippen LogP contribution in [0.15, 0.2) is 186 Å². The molecule has 12 nitrogen and oxygen atoms in total. The van der Waals surface area contributed by atoms with Gasteiger partial charge in [-0.15, -0.1) is 0 Å². The number of allylic oxidation sites excluding steroid dienone is 5. The quantitative estimate of drug-likeness (QED) is 0.0144. The first-order chi connectivity index (χ1) is 39.9. The average Bonchev–Trinajstić information content (AvgIpc) is 3.67. The molecule has 0 saturated heterocycles.